The van der Waals surface area contributed by atoms with Gasteiger partial charge >= 0.3 is 7.48 Å². The highest BCUT2D eigenvalue weighted by atomic mass is 16.5. The van der Waals surface area contributed by atoms with Gasteiger partial charge in [0.2, 0.25) is 0 Å². The lowest BCUT2D eigenvalue weighted by molar-refractivity contribution is -0.0892. The van der Waals surface area contributed by atoms with Crippen molar-refractivity contribution in [3.05, 3.63) is 91.0 Å². The minimum atomic E-state index is -0.971. The van der Waals surface area contributed by atoms with E-state index in [1.807, 2.05) is 26.0 Å². The number of hydrogen-bond donors (Lipinski definition) is 1. The normalized spacial score (nSPS) is 12.7. The molecule has 6 aromatic rings. The van der Waals surface area contributed by atoms with Crippen LogP contribution in [0.1, 0.15) is 27.7 Å². The van der Waals surface area contributed by atoms with E-state index < -0.39 is 11.2 Å². The Hall–Kier alpha value is -3.60. The van der Waals surface area contributed by atoms with E-state index in [0.717, 1.165) is 43.7 Å². The van der Waals surface area contributed by atoms with Crippen LogP contribution in [0.25, 0.3) is 54.6 Å². The molecule has 0 fully saturated rings. The summed E-state index contributed by atoms with van der Waals surface area (Å²) in [5.41, 5.74) is 3.62. The van der Waals surface area contributed by atoms with Crippen LogP contribution in [0, 0.1) is 0 Å². The molecule has 0 aliphatic rings. The zero-order chi connectivity index (χ0) is 25.1. The van der Waals surface area contributed by atoms with Gasteiger partial charge in [0, 0.05) is 10.8 Å². The Kier molecular flexibility index (Phi) is 5.22. The lowest BCUT2D eigenvalue weighted by Gasteiger charge is -2.37. The van der Waals surface area contributed by atoms with Gasteiger partial charge in [0.25, 0.3) is 0 Å². The lowest BCUT2D eigenvalue weighted by atomic mass is 9.75. The van der Waals surface area contributed by atoms with Gasteiger partial charge in [-0.2, -0.15) is 0 Å². The summed E-state index contributed by atoms with van der Waals surface area (Å²) in [6.45, 7) is 7.47. The van der Waals surface area contributed by atoms with Crippen LogP contribution in [0.3, 0.4) is 0 Å². The fourth-order valence-corrected chi connectivity index (χ4v) is 5.00. The molecule has 0 aliphatic carbocycles. The predicted octanol–water partition coefficient (Wildman–Crippen LogP) is 7.10. The van der Waals surface area contributed by atoms with E-state index in [9.17, 15) is 5.11 Å². The molecule has 0 saturated heterocycles. The lowest BCUT2D eigenvalue weighted by Crippen LogP contribution is -2.49. The van der Waals surface area contributed by atoms with Gasteiger partial charge in [-0.05, 0) is 84.0 Å². The van der Waals surface area contributed by atoms with E-state index >= 15 is 0 Å². The first-order valence-electron chi connectivity index (χ1n) is 12.4. The Morgan fingerprint density at radius 2 is 1.17 bits per heavy atom. The van der Waals surface area contributed by atoms with Crippen LogP contribution in [0.2, 0.25) is 0 Å². The van der Waals surface area contributed by atoms with Crippen LogP contribution >= 0.6 is 0 Å². The summed E-state index contributed by atoms with van der Waals surface area (Å²) in [5, 5.41) is 17.6. The second-order valence-corrected chi connectivity index (χ2v) is 10.6. The molecule has 1 heterocycles. The molecule has 4 heteroatoms. The molecular formula is C32H29BO3. The van der Waals surface area contributed by atoms with Crippen molar-refractivity contribution in [1.29, 1.82) is 0 Å². The molecule has 36 heavy (non-hydrogen) atoms. The van der Waals surface area contributed by atoms with Gasteiger partial charge in [-0.1, -0.05) is 72.8 Å². The second-order valence-electron chi connectivity index (χ2n) is 10.6. The van der Waals surface area contributed by atoms with Crippen molar-refractivity contribution in [2.24, 2.45) is 0 Å². The van der Waals surface area contributed by atoms with E-state index in [-0.39, 0.29) is 0 Å². The van der Waals surface area contributed by atoms with Gasteiger partial charge in [0.1, 0.15) is 11.2 Å². The quantitative estimate of drug-likeness (QED) is 0.215. The third-order valence-electron chi connectivity index (χ3n) is 7.76. The minimum Gasteiger partial charge on any atom is -0.456 e. The standard InChI is InChI=1S/C32H29BO3/c1-31(2,34)32(3,4)36-33-30-24-14-7-5-12-22(24)29(23-13-6-8-15-25(23)30)20-17-18-28-26(19-20)21-11-9-10-16-27(21)35-28/h5-19,33-34H,1-4H3. The van der Waals surface area contributed by atoms with E-state index in [0.29, 0.717) is 7.48 Å². The van der Waals surface area contributed by atoms with Crippen LogP contribution in [-0.4, -0.2) is 23.8 Å². The summed E-state index contributed by atoms with van der Waals surface area (Å²) in [4.78, 5) is 0. The zero-order valence-corrected chi connectivity index (χ0v) is 21.1. The Morgan fingerprint density at radius 1 is 0.639 bits per heavy atom. The molecule has 1 aromatic heterocycles. The topological polar surface area (TPSA) is 42.6 Å². The van der Waals surface area contributed by atoms with Gasteiger partial charge in [0.05, 0.1) is 11.2 Å². The van der Waals surface area contributed by atoms with Crippen LogP contribution < -0.4 is 5.46 Å². The highest BCUT2D eigenvalue weighted by molar-refractivity contribution is 6.57. The fourth-order valence-electron chi connectivity index (χ4n) is 5.00. The molecule has 0 unspecified atom stereocenters. The van der Waals surface area contributed by atoms with Crippen molar-refractivity contribution >= 4 is 56.4 Å². The second kappa shape index (κ2) is 8.23. The molecule has 1 N–H and O–H groups in total. The first-order valence-corrected chi connectivity index (χ1v) is 12.4. The summed E-state index contributed by atoms with van der Waals surface area (Å²) < 4.78 is 12.5. The van der Waals surface area contributed by atoms with Crippen LogP contribution in [0.15, 0.2) is 95.4 Å². The average Bonchev–Trinajstić information content (AvgIpc) is 3.24. The Morgan fingerprint density at radius 3 is 1.78 bits per heavy atom. The molecule has 0 bridgehead atoms. The Bertz CT molecular complexity index is 1700. The predicted molar refractivity (Wildman–Crippen MR) is 152 cm³/mol. The van der Waals surface area contributed by atoms with E-state index in [4.69, 9.17) is 9.07 Å². The molecule has 178 valence electrons. The molecule has 0 spiro atoms. The summed E-state index contributed by atoms with van der Waals surface area (Å²) in [5.74, 6) is 0. The minimum absolute atomic E-state index is 0.406. The largest absolute Gasteiger partial charge is 0.456 e. The third kappa shape index (κ3) is 3.60. The van der Waals surface area contributed by atoms with E-state index in [2.05, 4.69) is 78.9 Å². The van der Waals surface area contributed by atoms with E-state index in [1.54, 1.807) is 13.8 Å². The van der Waals surface area contributed by atoms with Crippen molar-refractivity contribution in [2.45, 2.75) is 38.9 Å². The number of hydrogen-bond acceptors (Lipinski definition) is 3. The molecule has 0 radical (unpaired) electrons. The van der Waals surface area contributed by atoms with Crippen molar-refractivity contribution in [1.82, 2.24) is 0 Å². The third-order valence-corrected chi connectivity index (χ3v) is 7.76. The molecule has 6 rings (SSSR count). The number of rotatable bonds is 5. The summed E-state index contributed by atoms with van der Waals surface area (Å²) in [7, 11) is 0.406. The average molecular weight is 472 g/mol. The molecule has 5 aromatic carbocycles. The Balaban J connectivity index is 1.60. The van der Waals surface area contributed by atoms with Gasteiger partial charge in [-0.3, -0.25) is 0 Å². The molecule has 3 nitrogen and oxygen atoms in total. The van der Waals surface area contributed by atoms with Gasteiger partial charge in [-0.15, -0.1) is 0 Å². The van der Waals surface area contributed by atoms with Gasteiger partial charge in [-0.25, -0.2) is 0 Å². The van der Waals surface area contributed by atoms with Crippen LogP contribution in [0.5, 0.6) is 0 Å². The summed E-state index contributed by atoms with van der Waals surface area (Å²) >= 11 is 0. The molecular weight excluding hydrogens is 443 g/mol. The maximum atomic E-state index is 10.7. The van der Waals surface area contributed by atoms with Gasteiger partial charge < -0.3 is 14.2 Å². The maximum absolute atomic E-state index is 10.7. The highest BCUT2D eigenvalue weighted by Crippen LogP contribution is 2.39. The van der Waals surface area contributed by atoms with Crippen LogP contribution in [0.4, 0.5) is 0 Å². The number of para-hydroxylation sites is 1. The molecule has 0 aliphatic heterocycles. The summed E-state index contributed by atoms with van der Waals surface area (Å²) in [6.07, 6.45) is 0. The highest BCUT2D eigenvalue weighted by Gasteiger charge is 2.36. The smallest absolute Gasteiger partial charge is 0.310 e. The van der Waals surface area contributed by atoms with Crippen molar-refractivity contribution in [3.8, 4) is 11.1 Å². The maximum Gasteiger partial charge on any atom is 0.310 e. The number of aliphatic hydroxyl groups is 1. The van der Waals surface area contributed by atoms with Crippen molar-refractivity contribution in [3.63, 3.8) is 0 Å². The molecule has 0 amide bonds. The Labute approximate surface area is 211 Å². The summed E-state index contributed by atoms with van der Waals surface area (Å²) in [6, 6.07) is 31.8. The fraction of sp³-hybridized carbons (Fsp3) is 0.188. The van der Waals surface area contributed by atoms with Crippen molar-refractivity contribution < 1.29 is 14.2 Å². The van der Waals surface area contributed by atoms with E-state index in [1.165, 1.54) is 16.3 Å². The molecule has 0 saturated carbocycles. The van der Waals surface area contributed by atoms with Crippen LogP contribution in [-0.2, 0) is 4.65 Å². The molecule has 0 atom stereocenters. The SMILES string of the molecule is CC(C)(O)C(C)(C)OBc1c2ccccc2c(-c2ccc3oc4ccccc4c3c2)c2ccccc12. The number of furan rings is 1. The van der Waals surface area contributed by atoms with Crippen molar-refractivity contribution in [2.75, 3.05) is 0 Å². The first-order chi connectivity index (χ1) is 17.2. The number of benzene rings is 5. The number of fused-ring (bicyclic) bond motifs is 5. The zero-order valence-electron chi connectivity index (χ0n) is 21.1. The van der Waals surface area contributed by atoms with Gasteiger partial charge in [0.15, 0.2) is 0 Å². The first kappa shape index (κ1) is 22.8. The monoisotopic (exact) mass is 472 g/mol.